The minimum Gasteiger partial charge on any atom is -0.496 e. The van der Waals surface area contributed by atoms with Crippen LogP contribution >= 0.6 is 11.6 Å². The van der Waals surface area contributed by atoms with Crippen molar-refractivity contribution in [1.29, 1.82) is 0 Å². The van der Waals surface area contributed by atoms with Crippen molar-refractivity contribution in [1.82, 2.24) is 20.5 Å². The van der Waals surface area contributed by atoms with Crippen molar-refractivity contribution in [3.05, 3.63) is 93.5 Å². The average Bonchev–Trinajstić information content (AvgIpc) is 3.83. The molecule has 2 bridgehead atoms. The van der Waals surface area contributed by atoms with Crippen LogP contribution in [0.4, 0.5) is 13.2 Å². The van der Waals surface area contributed by atoms with Crippen molar-refractivity contribution < 1.29 is 42.1 Å². The minimum atomic E-state index is -4.71. The Hall–Kier alpha value is -4.85. The molecule has 0 spiro atoms. The number of fused-ring (bicyclic) bond motifs is 4. The van der Waals surface area contributed by atoms with Gasteiger partial charge in [0.15, 0.2) is 0 Å². The van der Waals surface area contributed by atoms with Gasteiger partial charge in [0.2, 0.25) is 11.8 Å². The van der Waals surface area contributed by atoms with E-state index >= 15 is 0 Å². The lowest BCUT2D eigenvalue weighted by atomic mass is 9.72. The molecule has 4 aromatic rings. The number of nitrogens with zero attached hydrogens (tertiary/aromatic N) is 2. The van der Waals surface area contributed by atoms with E-state index in [2.05, 4.69) is 10.6 Å². The summed E-state index contributed by atoms with van der Waals surface area (Å²) in [6.45, 7) is 1.94. The number of amides is 1. The Morgan fingerprint density at radius 1 is 0.966 bits per heavy atom. The van der Waals surface area contributed by atoms with Crippen LogP contribution in [-0.2, 0) is 35.3 Å². The molecule has 58 heavy (non-hydrogen) atoms. The first-order valence-electron chi connectivity index (χ1n) is 19.8. The molecule has 10 nitrogen and oxygen atoms in total. The summed E-state index contributed by atoms with van der Waals surface area (Å²) in [6.07, 6.45) is -0.771. The third-order valence-corrected chi connectivity index (χ3v) is 12.6. The van der Waals surface area contributed by atoms with Gasteiger partial charge in [0, 0.05) is 73.0 Å². The molecule has 2 aliphatic carbocycles. The van der Waals surface area contributed by atoms with Gasteiger partial charge >= 0.3 is 12.1 Å². The number of carbonyl (C=O) groups is 2. The first-order chi connectivity index (χ1) is 27.9. The van der Waals surface area contributed by atoms with E-state index in [1.54, 1.807) is 7.11 Å². The molecule has 5 atom stereocenters. The highest BCUT2D eigenvalue weighted by Gasteiger charge is 2.45. The molecule has 1 aromatic heterocycles. The number of aromatic nitrogens is 1. The van der Waals surface area contributed by atoms with E-state index < -0.39 is 29.7 Å². The Bertz CT molecular complexity index is 2220. The molecule has 306 valence electrons. The van der Waals surface area contributed by atoms with E-state index in [0.29, 0.717) is 79.5 Å². The molecule has 9 rings (SSSR count). The molecule has 4 heterocycles. The Balaban J connectivity index is 1.03. The second-order valence-corrected chi connectivity index (χ2v) is 16.1. The number of aliphatic carboxylic acids is 1. The van der Waals surface area contributed by atoms with Gasteiger partial charge in [0.05, 0.1) is 36.4 Å². The number of carbonyl (C=O) groups excluding carboxylic acids is 1. The van der Waals surface area contributed by atoms with Crippen LogP contribution in [0, 0.1) is 11.8 Å². The topological polar surface area (TPSA) is 122 Å². The van der Waals surface area contributed by atoms with Crippen LogP contribution in [-0.4, -0.2) is 66.3 Å². The van der Waals surface area contributed by atoms with Gasteiger partial charge < -0.3 is 30.0 Å². The average molecular weight is 819 g/mol. The number of alkyl halides is 3. The maximum atomic E-state index is 14.8. The molecule has 3 N–H and O–H groups in total. The molecule has 3 aromatic carbocycles. The van der Waals surface area contributed by atoms with Crippen molar-refractivity contribution in [2.75, 3.05) is 27.3 Å². The van der Waals surface area contributed by atoms with Crippen LogP contribution in [0.15, 0.2) is 60.7 Å². The van der Waals surface area contributed by atoms with Gasteiger partial charge in [-0.1, -0.05) is 54.1 Å². The summed E-state index contributed by atoms with van der Waals surface area (Å²) in [5, 5.41) is 16.6. The van der Waals surface area contributed by atoms with Crippen molar-refractivity contribution in [3.63, 3.8) is 0 Å². The van der Waals surface area contributed by atoms with Crippen LogP contribution in [0.2, 0.25) is 5.02 Å². The molecule has 3 unspecified atom stereocenters. The lowest BCUT2D eigenvalue weighted by molar-refractivity contribution is -0.150. The van der Waals surface area contributed by atoms with E-state index in [-0.39, 0.29) is 42.0 Å². The quantitative estimate of drug-likeness (QED) is 0.123. The number of carboxylic acids is 1. The summed E-state index contributed by atoms with van der Waals surface area (Å²) < 4.78 is 61.9. The first-order valence-corrected chi connectivity index (χ1v) is 20.2. The van der Waals surface area contributed by atoms with Crippen LogP contribution in [0.5, 0.6) is 17.4 Å². The van der Waals surface area contributed by atoms with Crippen LogP contribution in [0.25, 0.3) is 22.4 Å². The van der Waals surface area contributed by atoms with E-state index in [4.69, 9.17) is 30.8 Å². The number of rotatable bonds is 13. The SMILES string of the molecule is COc1cc(O[C@H]2CCc3c(-c4cccc(-c5ccc(CNC[C@@H]6CCC(=O)N6)c(OC)n5)c4Cl)cccc32)c(C(F)(F)F)cc1CN1CC2CCC1C(C(=O)O)C2. The number of ether oxygens (including phenoxy) is 3. The van der Waals surface area contributed by atoms with Crippen molar-refractivity contribution in [2.45, 2.75) is 82.4 Å². The van der Waals surface area contributed by atoms with Gasteiger partial charge in [-0.15, -0.1) is 0 Å². The second kappa shape index (κ2) is 16.4. The minimum absolute atomic E-state index is 0.0701. The second-order valence-electron chi connectivity index (χ2n) is 15.8. The smallest absolute Gasteiger partial charge is 0.419 e. The number of nitrogens with one attached hydrogen (secondary N) is 2. The molecular formula is C44H46ClF3N4O6. The van der Waals surface area contributed by atoms with Crippen LogP contribution in [0.3, 0.4) is 0 Å². The molecule has 5 aliphatic rings. The van der Waals surface area contributed by atoms with Gasteiger partial charge in [-0.2, -0.15) is 13.2 Å². The molecule has 4 fully saturated rings. The Kier molecular flexibility index (Phi) is 11.3. The van der Waals surface area contributed by atoms with Gasteiger partial charge in [-0.25, -0.2) is 4.98 Å². The molecule has 1 saturated carbocycles. The molecule has 0 radical (unpaired) electrons. The molecule has 1 amide bonds. The monoisotopic (exact) mass is 818 g/mol. The number of methoxy groups -OCH3 is 2. The van der Waals surface area contributed by atoms with Gasteiger partial charge in [0.25, 0.3) is 0 Å². The number of piperidine rings is 2. The van der Waals surface area contributed by atoms with E-state index in [1.165, 1.54) is 13.2 Å². The van der Waals surface area contributed by atoms with Crippen molar-refractivity contribution >= 4 is 23.5 Å². The number of carboxylic acid groups (broad SMARTS) is 1. The largest absolute Gasteiger partial charge is 0.496 e. The van der Waals surface area contributed by atoms with Crippen molar-refractivity contribution in [2.24, 2.45) is 11.8 Å². The number of halogens is 4. The number of benzene rings is 3. The van der Waals surface area contributed by atoms with Crippen LogP contribution in [0.1, 0.15) is 72.4 Å². The predicted octanol–water partition coefficient (Wildman–Crippen LogP) is 8.22. The third-order valence-electron chi connectivity index (χ3n) is 12.2. The first kappa shape index (κ1) is 40.0. The normalized spacial score (nSPS) is 22.8. The van der Waals surface area contributed by atoms with Gasteiger partial charge in [-0.05, 0) is 73.3 Å². The van der Waals surface area contributed by atoms with E-state index in [0.717, 1.165) is 46.7 Å². The maximum absolute atomic E-state index is 14.8. The maximum Gasteiger partial charge on any atom is 0.419 e. The van der Waals surface area contributed by atoms with Gasteiger partial charge in [-0.3, -0.25) is 14.5 Å². The number of pyridine rings is 1. The number of hydrogen-bond acceptors (Lipinski definition) is 8. The molecule has 3 aliphatic heterocycles. The zero-order chi connectivity index (χ0) is 40.7. The Labute approximate surface area is 340 Å². The highest BCUT2D eigenvalue weighted by Crippen LogP contribution is 2.48. The lowest BCUT2D eigenvalue weighted by Gasteiger charge is -2.48. The van der Waals surface area contributed by atoms with E-state index in [1.807, 2.05) is 53.4 Å². The molecule has 14 heteroatoms. The van der Waals surface area contributed by atoms with Crippen LogP contribution < -0.4 is 24.8 Å². The van der Waals surface area contributed by atoms with Crippen molar-refractivity contribution in [3.8, 4) is 39.8 Å². The van der Waals surface area contributed by atoms with Gasteiger partial charge in [0.1, 0.15) is 17.6 Å². The standard InChI is InChI=1S/C44H46ClF3N4O6/c1-56-38-19-39(34(44(46,47)48)18-26(38)23-52-22-24-9-14-36(52)33(17-24)43(54)55)58-37-15-12-29-28(5-3-6-30(29)37)31-7-4-8-32(41(31)45)35-13-10-25(42(51-35)57-2)20-49-21-27-11-16-40(53)50-27/h3-8,10,13,18-19,24,27,33,36-37,49H,9,11-12,14-17,20-23H2,1-2H3,(H,50,53)(H,54,55)/t24?,27-,33?,36?,37-/m0/s1. The zero-order valence-electron chi connectivity index (χ0n) is 32.3. The third kappa shape index (κ3) is 7.96. The summed E-state index contributed by atoms with van der Waals surface area (Å²) in [6, 6.07) is 17.6. The fourth-order valence-electron chi connectivity index (χ4n) is 9.44. The summed E-state index contributed by atoms with van der Waals surface area (Å²) in [7, 11) is 2.99. The predicted molar refractivity (Wildman–Crippen MR) is 212 cm³/mol. The fraction of sp³-hybridized carbons (Fsp3) is 0.432. The summed E-state index contributed by atoms with van der Waals surface area (Å²) in [5.74, 6) is -0.721. The Morgan fingerprint density at radius 3 is 2.48 bits per heavy atom. The highest BCUT2D eigenvalue weighted by molar-refractivity contribution is 6.36. The summed E-state index contributed by atoms with van der Waals surface area (Å²) >= 11 is 7.15. The fourth-order valence-corrected chi connectivity index (χ4v) is 9.77. The highest BCUT2D eigenvalue weighted by atomic mass is 35.5. The molecule has 3 saturated heterocycles. The zero-order valence-corrected chi connectivity index (χ0v) is 33.1. The summed E-state index contributed by atoms with van der Waals surface area (Å²) in [5.41, 5.74) is 4.99. The Morgan fingerprint density at radius 2 is 1.76 bits per heavy atom. The van der Waals surface area contributed by atoms with E-state index in [9.17, 15) is 27.9 Å². The lowest BCUT2D eigenvalue weighted by Crippen LogP contribution is -2.54. The number of hydrogen-bond donors (Lipinski definition) is 3. The molecular weight excluding hydrogens is 773 g/mol. The summed E-state index contributed by atoms with van der Waals surface area (Å²) in [4.78, 5) is 30.3.